The number of benzene rings is 1. The standard InChI is InChI=1S/C17H22N2O3/c1-11-5-6-12-3-2-4-15(14(12)9-11)18-17(22)19-8-7-13(10-19)16(20)21/h5-6,9,13,15H,2-4,7-8,10H2,1H3,(H,18,22)(H,20,21)/t13?,15-/m1/s1. The number of carbonyl (C=O) groups is 2. The SMILES string of the molecule is Cc1ccc2c(c1)[C@H](NC(=O)N1CCC(C(=O)O)C1)CCC2. The highest BCUT2D eigenvalue weighted by Gasteiger charge is 2.32. The molecule has 1 aliphatic carbocycles. The smallest absolute Gasteiger partial charge is 0.317 e. The Morgan fingerprint density at radius 1 is 1.32 bits per heavy atom. The van der Waals surface area contributed by atoms with Gasteiger partial charge in [0.15, 0.2) is 0 Å². The number of carbonyl (C=O) groups excluding carboxylic acids is 1. The number of nitrogens with one attached hydrogen (secondary N) is 1. The molecule has 1 aromatic rings. The second-order valence-electron chi connectivity index (χ2n) is 6.37. The van der Waals surface area contributed by atoms with Crippen molar-refractivity contribution in [3.8, 4) is 0 Å². The van der Waals surface area contributed by atoms with Crippen LogP contribution in [0.25, 0.3) is 0 Å². The van der Waals surface area contributed by atoms with Crippen LogP contribution in [-0.4, -0.2) is 35.1 Å². The summed E-state index contributed by atoms with van der Waals surface area (Å²) in [5.41, 5.74) is 3.73. The molecule has 2 aliphatic rings. The number of aryl methyl sites for hydroxylation is 2. The monoisotopic (exact) mass is 302 g/mol. The first kappa shape index (κ1) is 14.9. The third kappa shape index (κ3) is 2.93. The third-order valence-corrected chi connectivity index (χ3v) is 4.74. The van der Waals surface area contributed by atoms with Crippen molar-refractivity contribution in [3.63, 3.8) is 0 Å². The summed E-state index contributed by atoms with van der Waals surface area (Å²) in [6.45, 7) is 2.90. The van der Waals surface area contributed by atoms with E-state index in [1.807, 2.05) is 0 Å². The molecule has 22 heavy (non-hydrogen) atoms. The molecule has 0 spiro atoms. The maximum atomic E-state index is 12.4. The van der Waals surface area contributed by atoms with Gasteiger partial charge in [-0.3, -0.25) is 4.79 Å². The molecule has 1 heterocycles. The van der Waals surface area contributed by atoms with Gasteiger partial charge in [0.25, 0.3) is 0 Å². The van der Waals surface area contributed by atoms with Gasteiger partial charge in [0.1, 0.15) is 0 Å². The number of nitrogens with zero attached hydrogens (tertiary/aromatic N) is 1. The fraction of sp³-hybridized carbons (Fsp3) is 0.529. The largest absolute Gasteiger partial charge is 0.481 e. The van der Waals surface area contributed by atoms with Gasteiger partial charge >= 0.3 is 12.0 Å². The van der Waals surface area contributed by atoms with E-state index < -0.39 is 11.9 Å². The second-order valence-corrected chi connectivity index (χ2v) is 6.37. The van der Waals surface area contributed by atoms with Crippen LogP contribution in [0.2, 0.25) is 0 Å². The Hall–Kier alpha value is -2.04. The van der Waals surface area contributed by atoms with Crippen molar-refractivity contribution in [1.82, 2.24) is 10.2 Å². The van der Waals surface area contributed by atoms with Crippen molar-refractivity contribution < 1.29 is 14.7 Å². The van der Waals surface area contributed by atoms with Crippen molar-refractivity contribution in [2.75, 3.05) is 13.1 Å². The molecule has 1 aromatic carbocycles. The van der Waals surface area contributed by atoms with Crippen LogP contribution in [0.3, 0.4) is 0 Å². The van der Waals surface area contributed by atoms with Gasteiger partial charge in [-0.25, -0.2) is 4.79 Å². The Kier molecular flexibility index (Phi) is 4.05. The molecular weight excluding hydrogens is 280 g/mol. The molecule has 0 radical (unpaired) electrons. The highest BCUT2D eigenvalue weighted by Crippen LogP contribution is 2.31. The molecule has 3 rings (SSSR count). The van der Waals surface area contributed by atoms with Gasteiger partial charge in [-0.15, -0.1) is 0 Å². The van der Waals surface area contributed by atoms with Crippen LogP contribution in [0.1, 0.15) is 42.0 Å². The maximum absolute atomic E-state index is 12.4. The molecule has 1 saturated heterocycles. The number of amides is 2. The molecule has 118 valence electrons. The van der Waals surface area contributed by atoms with Crippen molar-refractivity contribution >= 4 is 12.0 Å². The predicted molar refractivity (Wildman–Crippen MR) is 82.7 cm³/mol. The fourth-order valence-electron chi connectivity index (χ4n) is 3.46. The molecule has 2 atom stereocenters. The molecule has 5 nitrogen and oxygen atoms in total. The van der Waals surface area contributed by atoms with E-state index in [2.05, 4.69) is 30.4 Å². The van der Waals surface area contributed by atoms with E-state index in [9.17, 15) is 9.59 Å². The van der Waals surface area contributed by atoms with Crippen LogP contribution in [0.15, 0.2) is 18.2 Å². The van der Waals surface area contributed by atoms with Gasteiger partial charge in [0, 0.05) is 13.1 Å². The van der Waals surface area contributed by atoms with E-state index in [4.69, 9.17) is 5.11 Å². The van der Waals surface area contributed by atoms with Gasteiger partial charge in [0.05, 0.1) is 12.0 Å². The summed E-state index contributed by atoms with van der Waals surface area (Å²) in [6, 6.07) is 6.33. The van der Waals surface area contributed by atoms with Crippen LogP contribution < -0.4 is 5.32 Å². The molecule has 1 fully saturated rings. The van der Waals surface area contributed by atoms with Crippen molar-refractivity contribution in [2.45, 2.75) is 38.6 Å². The van der Waals surface area contributed by atoms with Crippen LogP contribution in [0.5, 0.6) is 0 Å². The Bertz CT molecular complexity index is 600. The minimum absolute atomic E-state index is 0.0417. The zero-order valence-electron chi connectivity index (χ0n) is 12.8. The summed E-state index contributed by atoms with van der Waals surface area (Å²) in [5.74, 6) is -1.24. The highest BCUT2D eigenvalue weighted by molar-refractivity contribution is 5.77. The normalized spacial score (nSPS) is 24.0. The van der Waals surface area contributed by atoms with E-state index in [-0.39, 0.29) is 12.1 Å². The topological polar surface area (TPSA) is 69.6 Å². The van der Waals surface area contributed by atoms with Gasteiger partial charge in [0.2, 0.25) is 0 Å². The molecule has 0 bridgehead atoms. The summed E-state index contributed by atoms with van der Waals surface area (Å²) >= 11 is 0. The minimum Gasteiger partial charge on any atom is -0.481 e. The number of aliphatic carboxylic acids is 1. The fourth-order valence-corrected chi connectivity index (χ4v) is 3.46. The van der Waals surface area contributed by atoms with Gasteiger partial charge < -0.3 is 15.3 Å². The predicted octanol–water partition coefficient (Wildman–Crippen LogP) is 2.49. The molecular formula is C17H22N2O3. The Labute approximate surface area is 130 Å². The number of hydrogen-bond donors (Lipinski definition) is 2. The number of hydrogen-bond acceptors (Lipinski definition) is 2. The Balaban J connectivity index is 1.68. The quantitative estimate of drug-likeness (QED) is 0.882. The second kappa shape index (κ2) is 5.99. The summed E-state index contributed by atoms with van der Waals surface area (Å²) < 4.78 is 0. The zero-order chi connectivity index (χ0) is 15.7. The number of urea groups is 1. The average Bonchev–Trinajstić information content (AvgIpc) is 2.98. The summed E-state index contributed by atoms with van der Waals surface area (Å²) in [4.78, 5) is 25.0. The first-order valence-electron chi connectivity index (χ1n) is 7.92. The van der Waals surface area contributed by atoms with E-state index in [0.717, 1.165) is 19.3 Å². The maximum Gasteiger partial charge on any atom is 0.317 e. The van der Waals surface area contributed by atoms with E-state index in [1.54, 1.807) is 4.90 Å². The Morgan fingerprint density at radius 3 is 2.86 bits per heavy atom. The van der Waals surface area contributed by atoms with Crippen molar-refractivity contribution in [1.29, 1.82) is 0 Å². The third-order valence-electron chi connectivity index (χ3n) is 4.74. The first-order chi connectivity index (χ1) is 10.5. The molecule has 0 aromatic heterocycles. The molecule has 1 unspecified atom stereocenters. The zero-order valence-corrected chi connectivity index (χ0v) is 12.8. The van der Waals surface area contributed by atoms with Crippen molar-refractivity contribution in [2.24, 2.45) is 5.92 Å². The van der Waals surface area contributed by atoms with E-state index in [0.29, 0.717) is 19.5 Å². The lowest BCUT2D eigenvalue weighted by atomic mass is 9.87. The number of likely N-dealkylation sites (tertiary alicyclic amines) is 1. The molecule has 2 N–H and O–H groups in total. The lowest BCUT2D eigenvalue weighted by Crippen LogP contribution is -2.41. The molecule has 1 aliphatic heterocycles. The van der Waals surface area contributed by atoms with E-state index >= 15 is 0 Å². The van der Waals surface area contributed by atoms with Gasteiger partial charge in [-0.05, 0) is 43.7 Å². The molecule has 5 heteroatoms. The van der Waals surface area contributed by atoms with Crippen LogP contribution in [-0.2, 0) is 11.2 Å². The minimum atomic E-state index is -0.811. The first-order valence-corrected chi connectivity index (χ1v) is 7.92. The molecule has 0 saturated carbocycles. The Morgan fingerprint density at radius 2 is 2.14 bits per heavy atom. The number of carboxylic acid groups (broad SMARTS) is 1. The molecule has 2 amide bonds. The van der Waals surface area contributed by atoms with Crippen LogP contribution in [0, 0.1) is 12.8 Å². The van der Waals surface area contributed by atoms with Crippen molar-refractivity contribution in [3.05, 3.63) is 34.9 Å². The average molecular weight is 302 g/mol. The summed E-state index contributed by atoms with van der Waals surface area (Å²) in [6.07, 6.45) is 3.62. The summed E-state index contributed by atoms with van der Waals surface area (Å²) in [7, 11) is 0. The van der Waals surface area contributed by atoms with Crippen LogP contribution >= 0.6 is 0 Å². The summed E-state index contributed by atoms with van der Waals surface area (Å²) in [5, 5.41) is 12.1. The van der Waals surface area contributed by atoms with Gasteiger partial charge in [-0.2, -0.15) is 0 Å². The lowest BCUT2D eigenvalue weighted by molar-refractivity contribution is -0.141. The van der Waals surface area contributed by atoms with Crippen LogP contribution in [0.4, 0.5) is 4.79 Å². The van der Waals surface area contributed by atoms with Gasteiger partial charge in [-0.1, -0.05) is 23.8 Å². The number of fused-ring (bicyclic) bond motifs is 1. The number of carboxylic acids is 1. The van der Waals surface area contributed by atoms with E-state index in [1.165, 1.54) is 16.7 Å². The number of rotatable bonds is 2. The highest BCUT2D eigenvalue weighted by atomic mass is 16.4. The lowest BCUT2D eigenvalue weighted by Gasteiger charge is -2.29.